The summed E-state index contributed by atoms with van der Waals surface area (Å²) in [7, 11) is 0. The standard InChI is InChI=1S/C31H37FN8O3/c1-2-37-8-10-39(11-9-37)23-5-3-4-22(18-23)35-31-34-20-27(32)30(36-31)40-21-26(29(33)41)25-19-24(6-7-28(25)40)43-17-14-38-12-15-42-16-13-38/h3-7,18-21H,2,8-17H2,1H3,(H2,33,41)(H,34,35,36). The molecule has 0 radical (unpaired) electrons. The van der Waals surface area contributed by atoms with E-state index in [9.17, 15) is 4.79 Å². The summed E-state index contributed by atoms with van der Waals surface area (Å²) in [5, 5.41) is 3.77. The van der Waals surface area contributed by atoms with Gasteiger partial charge in [-0.3, -0.25) is 14.3 Å². The van der Waals surface area contributed by atoms with Gasteiger partial charge in [0.05, 0.1) is 30.5 Å². The predicted molar refractivity (Wildman–Crippen MR) is 164 cm³/mol. The molecule has 12 heteroatoms. The molecule has 4 heterocycles. The number of nitrogens with one attached hydrogen (secondary N) is 1. The molecular formula is C31H37FN8O3. The summed E-state index contributed by atoms with van der Waals surface area (Å²) in [6.45, 7) is 11.7. The van der Waals surface area contributed by atoms with Crippen molar-refractivity contribution in [3.05, 3.63) is 66.2 Å². The minimum absolute atomic E-state index is 0.00262. The first kappa shape index (κ1) is 28.8. The highest BCUT2D eigenvalue weighted by Gasteiger charge is 2.20. The Morgan fingerprint density at radius 3 is 2.65 bits per heavy atom. The van der Waals surface area contributed by atoms with Gasteiger partial charge in [0, 0.05) is 68.8 Å². The fourth-order valence-corrected chi connectivity index (χ4v) is 5.61. The number of morpholine rings is 1. The Morgan fingerprint density at radius 2 is 1.88 bits per heavy atom. The summed E-state index contributed by atoms with van der Waals surface area (Å²) in [5.74, 6) is -0.425. The van der Waals surface area contributed by atoms with Crippen molar-refractivity contribution in [2.75, 3.05) is 82.4 Å². The number of hydrogen-bond donors (Lipinski definition) is 2. The van der Waals surface area contributed by atoms with Crippen LogP contribution in [0.15, 0.2) is 54.9 Å². The van der Waals surface area contributed by atoms with E-state index in [0.29, 0.717) is 23.3 Å². The lowest BCUT2D eigenvalue weighted by atomic mass is 10.1. The van der Waals surface area contributed by atoms with Gasteiger partial charge < -0.3 is 30.3 Å². The molecule has 0 atom stereocenters. The third kappa shape index (κ3) is 6.56. The van der Waals surface area contributed by atoms with E-state index in [1.165, 1.54) is 10.8 Å². The van der Waals surface area contributed by atoms with E-state index in [1.54, 1.807) is 18.2 Å². The van der Waals surface area contributed by atoms with Gasteiger partial charge in [0.25, 0.3) is 5.91 Å². The van der Waals surface area contributed by atoms with Crippen LogP contribution in [0.2, 0.25) is 0 Å². The van der Waals surface area contributed by atoms with Gasteiger partial charge in [0.1, 0.15) is 12.4 Å². The number of aromatic nitrogens is 3. The van der Waals surface area contributed by atoms with Crippen molar-refractivity contribution in [2.24, 2.45) is 5.73 Å². The molecule has 2 aromatic heterocycles. The van der Waals surface area contributed by atoms with Crippen molar-refractivity contribution in [1.82, 2.24) is 24.3 Å². The molecule has 1 amide bonds. The molecule has 0 bridgehead atoms. The number of anilines is 3. The summed E-state index contributed by atoms with van der Waals surface area (Å²) >= 11 is 0. The highest BCUT2D eigenvalue weighted by atomic mass is 19.1. The van der Waals surface area contributed by atoms with Gasteiger partial charge in [0.2, 0.25) is 5.95 Å². The largest absolute Gasteiger partial charge is 0.492 e. The number of benzene rings is 2. The Labute approximate surface area is 250 Å². The molecule has 0 saturated carbocycles. The van der Waals surface area contributed by atoms with Crippen LogP contribution in [0.4, 0.5) is 21.7 Å². The number of halogens is 1. The Morgan fingerprint density at radius 1 is 1.07 bits per heavy atom. The number of primary amides is 1. The van der Waals surface area contributed by atoms with Crippen LogP contribution in [0, 0.1) is 5.82 Å². The summed E-state index contributed by atoms with van der Waals surface area (Å²) in [4.78, 5) is 28.1. The van der Waals surface area contributed by atoms with Gasteiger partial charge in [-0.2, -0.15) is 4.98 Å². The van der Waals surface area contributed by atoms with Gasteiger partial charge >= 0.3 is 0 Å². The van der Waals surface area contributed by atoms with Crippen molar-refractivity contribution in [1.29, 1.82) is 0 Å². The van der Waals surface area contributed by atoms with E-state index < -0.39 is 11.7 Å². The highest BCUT2D eigenvalue weighted by molar-refractivity contribution is 6.07. The molecule has 2 saturated heterocycles. The van der Waals surface area contributed by atoms with Crippen LogP contribution in [0.5, 0.6) is 5.75 Å². The fraction of sp³-hybridized carbons (Fsp3) is 0.387. The molecule has 0 aliphatic carbocycles. The van der Waals surface area contributed by atoms with E-state index in [1.807, 2.05) is 18.2 Å². The number of fused-ring (bicyclic) bond motifs is 1. The van der Waals surface area contributed by atoms with Crippen LogP contribution in [-0.2, 0) is 4.74 Å². The minimum Gasteiger partial charge on any atom is -0.492 e. The smallest absolute Gasteiger partial charge is 0.250 e. The summed E-state index contributed by atoms with van der Waals surface area (Å²) in [5.41, 5.74) is 8.44. The third-order valence-corrected chi connectivity index (χ3v) is 8.06. The second-order valence-electron chi connectivity index (χ2n) is 10.7. The second kappa shape index (κ2) is 12.9. The summed E-state index contributed by atoms with van der Waals surface area (Å²) < 4.78 is 28.1. The van der Waals surface area contributed by atoms with E-state index in [-0.39, 0.29) is 17.3 Å². The van der Waals surface area contributed by atoms with Crippen molar-refractivity contribution in [2.45, 2.75) is 6.92 Å². The maximum atomic E-state index is 15.2. The molecular weight excluding hydrogens is 551 g/mol. The van der Waals surface area contributed by atoms with Gasteiger partial charge in [-0.15, -0.1) is 0 Å². The SMILES string of the molecule is CCN1CCN(c2cccc(Nc3ncc(F)c(-n4cc(C(N)=O)c5cc(OCCN6CCOCC6)ccc54)n3)c2)CC1. The molecule has 3 N–H and O–H groups in total. The first-order valence-electron chi connectivity index (χ1n) is 14.7. The van der Waals surface area contributed by atoms with E-state index in [2.05, 4.69) is 43.0 Å². The number of nitrogens with zero attached hydrogens (tertiary/aromatic N) is 6. The lowest BCUT2D eigenvalue weighted by Crippen LogP contribution is -2.46. The van der Waals surface area contributed by atoms with Crippen LogP contribution < -0.4 is 20.7 Å². The lowest BCUT2D eigenvalue weighted by molar-refractivity contribution is 0.0322. The van der Waals surface area contributed by atoms with Crippen LogP contribution in [0.1, 0.15) is 17.3 Å². The molecule has 0 spiro atoms. The highest BCUT2D eigenvalue weighted by Crippen LogP contribution is 2.30. The molecule has 0 unspecified atom stereocenters. The number of ether oxygens (including phenoxy) is 2. The molecule has 4 aromatic rings. The number of hydrogen-bond acceptors (Lipinski definition) is 9. The van der Waals surface area contributed by atoms with Gasteiger partial charge in [-0.25, -0.2) is 9.37 Å². The van der Waals surface area contributed by atoms with Crippen molar-refractivity contribution in [3.63, 3.8) is 0 Å². The van der Waals surface area contributed by atoms with Crippen LogP contribution >= 0.6 is 0 Å². The Bertz CT molecular complexity index is 1580. The Balaban J connectivity index is 1.22. The van der Waals surface area contributed by atoms with E-state index in [4.69, 9.17) is 15.2 Å². The number of likely N-dealkylation sites (N-methyl/N-ethyl adjacent to an activating group) is 1. The molecule has 43 heavy (non-hydrogen) atoms. The van der Waals surface area contributed by atoms with Crippen molar-refractivity contribution in [3.8, 4) is 11.6 Å². The average molecular weight is 589 g/mol. The molecule has 2 aliphatic rings. The van der Waals surface area contributed by atoms with Crippen LogP contribution in [0.25, 0.3) is 16.7 Å². The number of amides is 1. The number of piperazine rings is 1. The van der Waals surface area contributed by atoms with Gasteiger partial charge in [-0.05, 0) is 42.9 Å². The number of carbonyl (C=O) groups excluding carboxylic acids is 1. The third-order valence-electron chi connectivity index (χ3n) is 8.06. The first-order valence-corrected chi connectivity index (χ1v) is 14.7. The molecule has 2 aliphatic heterocycles. The van der Waals surface area contributed by atoms with Crippen molar-refractivity contribution < 1.29 is 18.7 Å². The monoisotopic (exact) mass is 588 g/mol. The van der Waals surface area contributed by atoms with Crippen molar-refractivity contribution >= 4 is 34.1 Å². The molecule has 226 valence electrons. The molecule has 11 nitrogen and oxygen atoms in total. The maximum absolute atomic E-state index is 15.2. The number of carbonyl (C=O) groups is 1. The zero-order valence-corrected chi connectivity index (χ0v) is 24.3. The quantitative estimate of drug-likeness (QED) is 0.288. The van der Waals surface area contributed by atoms with Gasteiger partial charge in [0.15, 0.2) is 11.6 Å². The van der Waals surface area contributed by atoms with E-state index in [0.717, 1.165) is 83.1 Å². The predicted octanol–water partition coefficient (Wildman–Crippen LogP) is 3.26. The normalized spacial score (nSPS) is 16.5. The molecule has 6 rings (SSSR count). The van der Waals surface area contributed by atoms with Crippen LogP contribution in [-0.4, -0.2) is 102 Å². The topological polar surface area (TPSA) is 114 Å². The summed E-state index contributed by atoms with van der Waals surface area (Å²) in [6.07, 6.45) is 2.63. The number of nitrogens with two attached hydrogens (primary N) is 1. The van der Waals surface area contributed by atoms with Gasteiger partial charge in [-0.1, -0.05) is 13.0 Å². The second-order valence-corrected chi connectivity index (χ2v) is 10.7. The Hall–Kier alpha value is -4.26. The maximum Gasteiger partial charge on any atom is 0.250 e. The average Bonchev–Trinajstić information content (AvgIpc) is 3.42. The molecule has 2 aromatic carbocycles. The first-order chi connectivity index (χ1) is 21.0. The number of rotatable bonds is 10. The summed E-state index contributed by atoms with van der Waals surface area (Å²) in [6, 6.07) is 13.4. The van der Waals surface area contributed by atoms with Crippen LogP contribution in [0.3, 0.4) is 0 Å². The van der Waals surface area contributed by atoms with E-state index >= 15 is 4.39 Å². The lowest BCUT2D eigenvalue weighted by Gasteiger charge is -2.35. The zero-order valence-electron chi connectivity index (χ0n) is 24.3. The zero-order chi connectivity index (χ0) is 29.8. The fourth-order valence-electron chi connectivity index (χ4n) is 5.61. The molecule has 2 fully saturated rings. The minimum atomic E-state index is -0.633. The Kier molecular flexibility index (Phi) is 8.68.